The number of halogens is 2. The molecular formula is C16H24ClFN2O2. The second-order valence-corrected chi connectivity index (χ2v) is 5.64. The molecule has 0 bridgehead atoms. The predicted octanol–water partition coefficient (Wildman–Crippen LogP) is 2.50. The van der Waals surface area contributed by atoms with Gasteiger partial charge in [0.05, 0.1) is 18.1 Å². The Bertz CT molecular complexity index is 472. The fourth-order valence-corrected chi connectivity index (χ4v) is 3.02. The molecule has 1 saturated carbocycles. The van der Waals surface area contributed by atoms with Gasteiger partial charge in [-0.3, -0.25) is 4.79 Å². The van der Waals surface area contributed by atoms with Crippen molar-refractivity contribution in [3.8, 4) is 0 Å². The molecule has 0 radical (unpaired) electrons. The van der Waals surface area contributed by atoms with Crippen molar-refractivity contribution in [1.82, 2.24) is 5.32 Å². The van der Waals surface area contributed by atoms with Gasteiger partial charge < -0.3 is 15.8 Å². The van der Waals surface area contributed by atoms with E-state index >= 15 is 0 Å². The Morgan fingerprint density at radius 3 is 2.45 bits per heavy atom. The zero-order valence-corrected chi connectivity index (χ0v) is 13.6. The first kappa shape index (κ1) is 18.9. The van der Waals surface area contributed by atoms with E-state index in [0.29, 0.717) is 6.54 Å². The first-order valence-electron chi connectivity index (χ1n) is 7.39. The molecule has 1 fully saturated rings. The molecule has 2 rings (SSSR count). The fraction of sp³-hybridized carbons (Fsp3) is 0.562. The van der Waals surface area contributed by atoms with Gasteiger partial charge in [-0.1, -0.05) is 25.0 Å². The van der Waals surface area contributed by atoms with Gasteiger partial charge in [0.2, 0.25) is 5.91 Å². The van der Waals surface area contributed by atoms with Crippen molar-refractivity contribution < 1.29 is 13.9 Å². The predicted molar refractivity (Wildman–Crippen MR) is 86.4 cm³/mol. The third-order valence-corrected chi connectivity index (χ3v) is 4.24. The van der Waals surface area contributed by atoms with Crippen LogP contribution in [-0.4, -0.2) is 25.7 Å². The van der Waals surface area contributed by atoms with E-state index in [9.17, 15) is 9.18 Å². The van der Waals surface area contributed by atoms with E-state index in [0.717, 1.165) is 31.2 Å². The molecule has 3 N–H and O–H groups in total. The lowest BCUT2D eigenvalue weighted by molar-refractivity contribution is -0.125. The Morgan fingerprint density at radius 2 is 1.95 bits per heavy atom. The summed E-state index contributed by atoms with van der Waals surface area (Å²) in [6.45, 7) is 0.313. The number of benzene rings is 1. The quantitative estimate of drug-likeness (QED) is 0.842. The number of amides is 1. The Kier molecular flexibility index (Phi) is 7.26. The molecule has 1 unspecified atom stereocenters. The lowest BCUT2D eigenvalue weighted by atomic mass is 9.88. The molecule has 0 spiro atoms. The molecular weight excluding hydrogens is 307 g/mol. The Hall–Kier alpha value is -1.17. The van der Waals surface area contributed by atoms with Crippen LogP contribution in [0, 0.1) is 5.82 Å². The molecule has 1 aliphatic carbocycles. The lowest BCUT2D eigenvalue weighted by Crippen LogP contribution is -2.45. The summed E-state index contributed by atoms with van der Waals surface area (Å²) in [7, 11) is 1.55. The fourth-order valence-electron chi connectivity index (χ4n) is 3.02. The van der Waals surface area contributed by atoms with E-state index in [2.05, 4.69) is 5.32 Å². The highest BCUT2D eigenvalue weighted by Gasteiger charge is 2.37. The summed E-state index contributed by atoms with van der Waals surface area (Å²) < 4.78 is 18.3. The summed E-state index contributed by atoms with van der Waals surface area (Å²) in [5.74, 6) is -0.334. The minimum atomic E-state index is -0.377. The van der Waals surface area contributed by atoms with Gasteiger partial charge in [0.1, 0.15) is 5.82 Å². The van der Waals surface area contributed by atoms with Crippen LogP contribution < -0.4 is 11.1 Å². The maximum Gasteiger partial charge on any atom is 0.223 e. The number of rotatable bonds is 6. The number of methoxy groups -OCH3 is 1. The van der Waals surface area contributed by atoms with Crippen LogP contribution in [0.5, 0.6) is 0 Å². The maximum absolute atomic E-state index is 13.1. The summed E-state index contributed by atoms with van der Waals surface area (Å²) >= 11 is 0. The second kappa shape index (κ2) is 8.46. The molecule has 0 saturated heterocycles. The average Bonchev–Trinajstić information content (AvgIpc) is 2.95. The molecule has 1 aliphatic rings. The molecule has 6 heteroatoms. The Morgan fingerprint density at radius 1 is 1.36 bits per heavy atom. The van der Waals surface area contributed by atoms with Crippen LogP contribution in [-0.2, 0) is 15.1 Å². The molecule has 1 amide bonds. The highest BCUT2D eigenvalue weighted by atomic mass is 35.5. The number of nitrogens with two attached hydrogens (primary N) is 1. The van der Waals surface area contributed by atoms with E-state index in [-0.39, 0.29) is 42.2 Å². The first-order valence-corrected chi connectivity index (χ1v) is 7.39. The van der Waals surface area contributed by atoms with Crippen LogP contribution in [0.25, 0.3) is 0 Å². The highest BCUT2D eigenvalue weighted by molar-refractivity contribution is 5.85. The van der Waals surface area contributed by atoms with Gasteiger partial charge in [-0.15, -0.1) is 12.4 Å². The first-order chi connectivity index (χ1) is 10.1. The topological polar surface area (TPSA) is 64.3 Å². The second-order valence-electron chi connectivity index (χ2n) is 5.64. The van der Waals surface area contributed by atoms with E-state index in [4.69, 9.17) is 10.5 Å². The number of hydrogen-bond acceptors (Lipinski definition) is 3. The SMILES string of the molecule is COC(CN)CC(=O)NC1(c2ccc(F)cc2)CCCC1.Cl. The van der Waals surface area contributed by atoms with Crippen molar-refractivity contribution in [2.75, 3.05) is 13.7 Å². The normalized spacial score (nSPS) is 17.6. The standard InChI is InChI=1S/C16H23FN2O2.ClH/c1-21-14(11-18)10-15(20)19-16(8-2-3-9-16)12-4-6-13(17)7-5-12;/h4-7,14H,2-3,8-11,18H2,1H3,(H,19,20);1H. The Labute approximate surface area is 137 Å². The average molecular weight is 331 g/mol. The highest BCUT2D eigenvalue weighted by Crippen LogP contribution is 2.38. The molecule has 0 aromatic heterocycles. The van der Waals surface area contributed by atoms with Gasteiger partial charge in [-0.05, 0) is 30.5 Å². The number of carbonyl (C=O) groups excluding carboxylic acids is 1. The minimum absolute atomic E-state index is 0. The summed E-state index contributed by atoms with van der Waals surface area (Å²) in [4.78, 5) is 12.3. The molecule has 22 heavy (non-hydrogen) atoms. The van der Waals surface area contributed by atoms with E-state index < -0.39 is 0 Å². The third-order valence-electron chi connectivity index (χ3n) is 4.24. The largest absolute Gasteiger partial charge is 0.380 e. The lowest BCUT2D eigenvalue weighted by Gasteiger charge is -2.31. The van der Waals surface area contributed by atoms with Crippen LogP contribution in [0.1, 0.15) is 37.7 Å². The van der Waals surface area contributed by atoms with Crippen LogP contribution in [0.15, 0.2) is 24.3 Å². The number of carbonyl (C=O) groups is 1. The number of ether oxygens (including phenoxy) is 1. The molecule has 0 aliphatic heterocycles. The van der Waals surface area contributed by atoms with Crippen molar-refractivity contribution in [2.24, 2.45) is 5.73 Å². The number of nitrogens with one attached hydrogen (secondary N) is 1. The summed E-state index contributed by atoms with van der Waals surface area (Å²) in [5, 5.41) is 3.13. The summed E-state index contributed by atoms with van der Waals surface area (Å²) in [6.07, 6.45) is 3.85. The van der Waals surface area contributed by atoms with E-state index in [1.54, 1.807) is 19.2 Å². The van der Waals surface area contributed by atoms with Crippen molar-refractivity contribution in [3.05, 3.63) is 35.6 Å². The minimum Gasteiger partial charge on any atom is -0.380 e. The van der Waals surface area contributed by atoms with Crippen LogP contribution in [0.3, 0.4) is 0 Å². The molecule has 0 heterocycles. The van der Waals surface area contributed by atoms with Gasteiger partial charge in [0.25, 0.3) is 0 Å². The van der Waals surface area contributed by atoms with Gasteiger partial charge >= 0.3 is 0 Å². The Balaban J connectivity index is 0.00000242. The van der Waals surface area contributed by atoms with Gasteiger partial charge in [0, 0.05) is 13.7 Å². The van der Waals surface area contributed by atoms with E-state index in [1.165, 1.54) is 12.1 Å². The molecule has 124 valence electrons. The summed E-state index contributed by atoms with van der Waals surface area (Å²) in [5.41, 5.74) is 6.15. The van der Waals surface area contributed by atoms with Gasteiger partial charge in [-0.25, -0.2) is 4.39 Å². The van der Waals surface area contributed by atoms with E-state index in [1.807, 2.05) is 0 Å². The molecule has 4 nitrogen and oxygen atoms in total. The van der Waals surface area contributed by atoms with Crippen molar-refractivity contribution in [1.29, 1.82) is 0 Å². The summed E-state index contributed by atoms with van der Waals surface area (Å²) in [6, 6.07) is 6.41. The van der Waals surface area contributed by atoms with Crippen molar-refractivity contribution in [2.45, 2.75) is 43.7 Å². The molecule has 1 aromatic carbocycles. The van der Waals surface area contributed by atoms with Crippen LogP contribution in [0.4, 0.5) is 4.39 Å². The van der Waals surface area contributed by atoms with Crippen LogP contribution in [0.2, 0.25) is 0 Å². The molecule has 1 atom stereocenters. The third kappa shape index (κ3) is 4.41. The monoisotopic (exact) mass is 330 g/mol. The maximum atomic E-state index is 13.1. The van der Waals surface area contributed by atoms with Gasteiger partial charge in [-0.2, -0.15) is 0 Å². The number of hydrogen-bond donors (Lipinski definition) is 2. The van der Waals surface area contributed by atoms with Crippen molar-refractivity contribution >= 4 is 18.3 Å². The zero-order chi connectivity index (χ0) is 15.3. The van der Waals surface area contributed by atoms with Gasteiger partial charge in [0.15, 0.2) is 0 Å². The molecule has 1 aromatic rings. The van der Waals surface area contributed by atoms with Crippen LogP contribution >= 0.6 is 12.4 Å². The van der Waals surface area contributed by atoms with Crippen molar-refractivity contribution in [3.63, 3.8) is 0 Å². The zero-order valence-electron chi connectivity index (χ0n) is 12.8. The smallest absolute Gasteiger partial charge is 0.223 e.